The molecular weight excluding hydrogens is 467 g/mol. The lowest BCUT2D eigenvalue weighted by Gasteiger charge is -2.28. The number of rotatable bonds is 7. The van der Waals surface area contributed by atoms with Gasteiger partial charge in [0.1, 0.15) is 10.8 Å². The van der Waals surface area contributed by atoms with E-state index in [1.807, 2.05) is 30.3 Å². The normalized spacial score (nSPS) is 16.9. The lowest BCUT2D eigenvalue weighted by Crippen LogP contribution is -2.42. The van der Waals surface area contributed by atoms with E-state index < -0.39 is 34.4 Å². The van der Waals surface area contributed by atoms with Crippen LogP contribution in [0.15, 0.2) is 60.0 Å². The number of carbonyl (C=O) groups is 2. The Kier molecular flexibility index (Phi) is 6.85. The SMILES string of the molecule is O=C(OCC(=O)N(Cc1ccccc1)C1CCS(=O)(=O)C1)c1csc(-c2ccc(F)cc2)n1. The first-order valence-electron chi connectivity index (χ1n) is 10.2. The molecule has 1 aromatic heterocycles. The van der Waals surface area contributed by atoms with Gasteiger partial charge in [0.05, 0.1) is 11.5 Å². The predicted molar refractivity (Wildman–Crippen MR) is 122 cm³/mol. The molecule has 1 atom stereocenters. The summed E-state index contributed by atoms with van der Waals surface area (Å²) in [4.78, 5) is 31.1. The van der Waals surface area contributed by atoms with Crippen LogP contribution >= 0.6 is 11.3 Å². The molecule has 1 fully saturated rings. The smallest absolute Gasteiger partial charge is 0.358 e. The molecule has 10 heteroatoms. The summed E-state index contributed by atoms with van der Waals surface area (Å²) in [6.07, 6.45) is 0.349. The number of nitrogens with zero attached hydrogens (tertiary/aromatic N) is 2. The van der Waals surface area contributed by atoms with E-state index in [9.17, 15) is 22.4 Å². The van der Waals surface area contributed by atoms with Crippen molar-refractivity contribution >= 4 is 33.1 Å². The summed E-state index contributed by atoms with van der Waals surface area (Å²) >= 11 is 1.20. The Hall–Kier alpha value is -3.11. The molecule has 0 bridgehead atoms. The maximum atomic E-state index is 13.1. The molecule has 1 unspecified atom stereocenters. The third-order valence-corrected chi connectivity index (χ3v) is 7.94. The topological polar surface area (TPSA) is 93.6 Å². The molecule has 7 nitrogen and oxygen atoms in total. The second-order valence-corrected chi connectivity index (χ2v) is 10.8. The predicted octanol–water partition coefficient (Wildman–Crippen LogP) is 3.32. The maximum Gasteiger partial charge on any atom is 0.358 e. The Labute approximate surface area is 194 Å². The first kappa shape index (κ1) is 23.1. The Morgan fingerprint density at radius 3 is 2.52 bits per heavy atom. The molecule has 33 heavy (non-hydrogen) atoms. The van der Waals surface area contributed by atoms with Crippen LogP contribution in [-0.4, -0.2) is 54.3 Å². The van der Waals surface area contributed by atoms with Crippen molar-refractivity contribution in [3.8, 4) is 10.6 Å². The Morgan fingerprint density at radius 1 is 1.12 bits per heavy atom. The second-order valence-electron chi connectivity index (χ2n) is 7.69. The number of thiazole rings is 1. The zero-order valence-electron chi connectivity index (χ0n) is 17.5. The highest BCUT2D eigenvalue weighted by Gasteiger charge is 2.35. The highest BCUT2D eigenvalue weighted by molar-refractivity contribution is 7.91. The van der Waals surface area contributed by atoms with Gasteiger partial charge in [-0.3, -0.25) is 4.79 Å². The summed E-state index contributed by atoms with van der Waals surface area (Å²) in [5.41, 5.74) is 1.56. The summed E-state index contributed by atoms with van der Waals surface area (Å²) in [6, 6.07) is 14.5. The summed E-state index contributed by atoms with van der Waals surface area (Å²) in [7, 11) is -3.20. The largest absolute Gasteiger partial charge is 0.451 e. The van der Waals surface area contributed by atoms with Gasteiger partial charge in [-0.2, -0.15) is 0 Å². The second kappa shape index (κ2) is 9.80. The molecule has 4 rings (SSSR count). The van der Waals surface area contributed by atoms with Gasteiger partial charge in [0, 0.05) is 23.5 Å². The number of halogens is 1. The van der Waals surface area contributed by atoms with Gasteiger partial charge in [0.2, 0.25) is 0 Å². The number of sulfone groups is 1. The average molecular weight is 489 g/mol. The third-order valence-electron chi connectivity index (χ3n) is 5.30. The summed E-state index contributed by atoms with van der Waals surface area (Å²) in [6.45, 7) is -0.297. The fourth-order valence-electron chi connectivity index (χ4n) is 3.60. The van der Waals surface area contributed by atoms with Crippen LogP contribution in [0.3, 0.4) is 0 Å². The van der Waals surface area contributed by atoms with Gasteiger partial charge in [-0.1, -0.05) is 30.3 Å². The van der Waals surface area contributed by atoms with Crippen molar-refractivity contribution in [3.63, 3.8) is 0 Å². The van der Waals surface area contributed by atoms with Crippen LogP contribution in [-0.2, 0) is 25.9 Å². The van der Waals surface area contributed by atoms with E-state index in [2.05, 4.69) is 4.98 Å². The van der Waals surface area contributed by atoms with Gasteiger partial charge in [-0.25, -0.2) is 22.6 Å². The van der Waals surface area contributed by atoms with Crippen LogP contribution in [0.1, 0.15) is 22.5 Å². The fourth-order valence-corrected chi connectivity index (χ4v) is 6.13. The number of hydrogen-bond donors (Lipinski definition) is 0. The average Bonchev–Trinajstić information content (AvgIpc) is 3.43. The molecule has 172 valence electrons. The van der Waals surface area contributed by atoms with Gasteiger partial charge in [-0.15, -0.1) is 11.3 Å². The molecule has 3 aromatic rings. The maximum absolute atomic E-state index is 13.1. The lowest BCUT2D eigenvalue weighted by atomic mass is 10.1. The first-order valence-corrected chi connectivity index (χ1v) is 12.9. The monoisotopic (exact) mass is 488 g/mol. The molecule has 0 N–H and O–H groups in total. The first-order chi connectivity index (χ1) is 15.8. The fraction of sp³-hybridized carbons (Fsp3) is 0.261. The molecule has 0 aliphatic carbocycles. The minimum atomic E-state index is -3.20. The van der Waals surface area contributed by atoms with E-state index in [1.54, 1.807) is 12.1 Å². The van der Waals surface area contributed by atoms with Gasteiger partial charge < -0.3 is 9.64 Å². The molecule has 2 aromatic carbocycles. The number of amides is 1. The number of esters is 1. The number of ether oxygens (including phenoxy) is 1. The van der Waals surface area contributed by atoms with Crippen molar-refractivity contribution in [1.82, 2.24) is 9.88 Å². The summed E-state index contributed by atoms with van der Waals surface area (Å²) < 4.78 is 42.2. The molecule has 1 amide bonds. The summed E-state index contributed by atoms with van der Waals surface area (Å²) in [5, 5.41) is 2.03. The number of benzene rings is 2. The van der Waals surface area contributed by atoms with Crippen molar-refractivity contribution < 1.29 is 27.1 Å². The van der Waals surface area contributed by atoms with Crippen molar-refractivity contribution in [2.45, 2.75) is 19.0 Å². The van der Waals surface area contributed by atoms with E-state index in [-0.39, 0.29) is 29.6 Å². The number of carbonyl (C=O) groups excluding carboxylic acids is 2. The van der Waals surface area contributed by atoms with Crippen molar-refractivity contribution in [1.29, 1.82) is 0 Å². The quantitative estimate of drug-likeness (QED) is 0.474. The molecule has 1 aliphatic heterocycles. The van der Waals surface area contributed by atoms with Crippen molar-refractivity contribution in [2.75, 3.05) is 18.1 Å². The zero-order chi connectivity index (χ0) is 23.4. The Bertz CT molecular complexity index is 1240. The minimum Gasteiger partial charge on any atom is -0.451 e. The van der Waals surface area contributed by atoms with E-state index >= 15 is 0 Å². The molecule has 1 saturated heterocycles. The van der Waals surface area contributed by atoms with Crippen molar-refractivity contribution in [2.24, 2.45) is 0 Å². The molecule has 0 saturated carbocycles. The summed E-state index contributed by atoms with van der Waals surface area (Å²) in [5.74, 6) is -1.67. The van der Waals surface area contributed by atoms with Gasteiger partial charge >= 0.3 is 5.97 Å². The molecule has 0 radical (unpaired) electrons. The molecule has 2 heterocycles. The van der Waals surface area contributed by atoms with E-state index in [1.165, 1.54) is 33.7 Å². The Balaban J connectivity index is 1.42. The third kappa shape index (κ3) is 5.82. The van der Waals surface area contributed by atoms with Crippen LogP contribution in [0.5, 0.6) is 0 Å². The Morgan fingerprint density at radius 2 is 1.85 bits per heavy atom. The van der Waals surface area contributed by atoms with E-state index in [4.69, 9.17) is 4.74 Å². The lowest BCUT2D eigenvalue weighted by molar-refractivity contribution is -0.137. The molecule has 1 aliphatic rings. The van der Waals surface area contributed by atoms with Gasteiger partial charge in [-0.05, 0) is 36.2 Å². The van der Waals surface area contributed by atoms with Gasteiger partial charge in [0.15, 0.2) is 22.1 Å². The highest BCUT2D eigenvalue weighted by Crippen LogP contribution is 2.24. The highest BCUT2D eigenvalue weighted by atomic mass is 32.2. The van der Waals surface area contributed by atoms with Crippen LogP contribution in [0.25, 0.3) is 10.6 Å². The minimum absolute atomic E-state index is 0.0288. The van der Waals surface area contributed by atoms with Crippen LogP contribution in [0, 0.1) is 5.82 Å². The standard InChI is InChI=1S/C23H21FN2O5S2/c24-18-8-6-17(7-9-18)22-25-20(14-32-22)23(28)31-13-21(27)26(12-16-4-2-1-3-5-16)19-10-11-33(29,30)15-19/h1-9,14,19H,10-13,15H2. The zero-order valence-corrected chi connectivity index (χ0v) is 19.1. The van der Waals surface area contributed by atoms with E-state index in [0.717, 1.165) is 5.56 Å². The molecule has 0 spiro atoms. The van der Waals surface area contributed by atoms with Crippen LogP contribution in [0.2, 0.25) is 0 Å². The van der Waals surface area contributed by atoms with Crippen LogP contribution in [0.4, 0.5) is 4.39 Å². The van der Waals surface area contributed by atoms with Crippen LogP contribution < -0.4 is 0 Å². The number of aromatic nitrogens is 1. The molecular formula is C23H21FN2O5S2. The van der Waals surface area contributed by atoms with Crippen molar-refractivity contribution in [3.05, 3.63) is 77.1 Å². The number of hydrogen-bond acceptors (Lipinski definition) is 7. The van der Waals surface area contributed by atoms with E-state index in [0.29, 0.717) is 17.0 Å². The van der Waals surface area contributed by atoms with Gasteiger partial charge in [0.25, 0.3) is 5.91 Å².